The molecule has 104 valence electrons. The number of β-amino-alcohol motifs (C(OH)–C–C–N with tert-alkyl or cyclic N) is 1. The molecule has 1 aliphatic heterocycles. The lowest BCUT2D eigenvalue weighted by atomic mass is 10.3. The Labute approximate surface area is 113 Å². The first-order valence-electron chi connectivity index (χ1n) is 6.60. The summed E-state index contributed by atoms with van der Waals surface area (Å²) in [5.74, 6) is 0. The van der Waals surface area contributed by atoms with E-state index in [2.05, 4.69) is 4.72 Å². The second-order valence-corrected chi connectivity index (χ2v) is 6.93. The first-order valence-corrected chi connectivity index (χ1v) is 8.09. The van der Waals surface area contributed by atoms with Crippen LogP contribution in [0.4, 0.5) is 5.69 Å². The number of para-hydroxylation sites is 1. The molecule has 19 heavy (non-hydrogen) atoms. The van der Waals surface area contributed by atoms with Crippen LogP contribution in [0, 0.1) is 0 Å². The van der Waals surface area contributed by atoms with Crippen molar-refractivity contribution in [3.8, 4) is 0 Å². The Balaban J connectivity index is 1.92. The number of anilines is 1. The van der Waals surface area contributed by atoms with E-state index < -0.39 is 10.0 Å². The average molecular weight is 282 g/mol. The van der Waals surface area contributed by atoms with Crippen LogP contribution in [0.25, 0.3) is 0 Å². The summed E-state index contributed by atoms with van der Waals surface area (Å²) in [6.07, 6.45) is 2.16. The highest BCUT2D eigenvalue weighted by molar-refractivity contribution is 7.89. The van der Waals surface area contributed by atoms with Crippen molar-refractivity contribution >= 4 is 15.7 Å². The molecule has 0 radical (unpaired) electrons. The third-order valence-electron chi connectivity index (χ3n) is 3.56. The van der Waals surface area contributed by atoms with Crippen molar-refractivity contribution in [2.75, 3.05) is 18.0 Å². The van der Waals surface area contributed by atoms with Gasteiger partial charge in [0, 0.05) is 19.1 Å². The molecule has 0 spiro atoms. The van der Waals surface area contributed by atoms with Gasteiger partial charge in [-0.2, -0.15) is 0 Å². The standard InChI is InChI=1S/C13H18N2O3S/c16-11-7-8-15(9-11)12-3-1-2-4-13(12)19(17,18)14-10-5-6-10/h1-4,10-11,14,16H,5-9H2/t11-/m0/s1. The Morgan fingerprint density at radius 2 is 1.95 bits per heavy atom. The molecule has 1 aromatic rings. The van der Waals surface area contributed by atoms with E-state index >= 15 is 0 Å². The van der Waals surface area contributed by atoms with Crippen LogP contribution in [-0.2, 0) is 10.0 Å². The maximum absolute atomic E-state index is 12.3. The summed E-state index contributed by atoms with van der Waals surface area (Å²) in [6, 6.07) is 7.10. The van der Waals surface area contributed by atoms with Crippen LogP contribution in [0.15, 0.2) is 29.2 Å². The highest BCUT2D eigenvalue weighted by Gasteiger charge is 2.31. The smallest absolute Gasteiger partial charge is 0.242 e. The molecule has 1 saturated heterocycles. The molecule has 2 N–H and O–H groups in total. The minimum atomic E-state index is -3.46. The molecule has 0 bridgehead atoms. The largest absolute Gasteiger partial charge is 0.391 e. The number of hydrogen-bond acceptors (Lipinski definition) is 4. The van der Waals surface area contributed by atoms with Crippen molar-refractivity contribution in [1.29, 1.82) is 0 Å². The van der Waals surface area contributed by atoms with Crippen LogP contribution in [0.5, 0.6) is 0 Å². The van der Waals surface area contributed by atoms with E-state index in [0.29, 0.717) is 30.1 Å². The predicted octanol–water partition coefficient (Wildman–Crippen LogP) is 0.698. The number of aliphatic hydroxyl groups excluding tert-OH is 1. The second kappa shape index (κ2) is 4.77. The number of sulfonamides is 1. The Bertz CT molecular complexity index is 569. The number of aliphatic hydroxyl groups is 1. The SMILES string of the molecule is O=S(=O)(NC1CC1)c1ccccc1N1CC[C@H](O)C1. The number of hydrogen-bond donors (Lipinski definition) is 2. The van der Waals surface area contributed by atoms with Crippen LogP contribution < -0.4 is 9.62 Å². The van der Waals surface area contributed by atoms with Crippen LogP contribution in [0.2, 0.25) is 0 Å². The maximum Gasteiger partial charge on any atom is 0.242 e. The quantitative estimate of drug-likeness (QED) is 0.853. The number of benzene rings is 1. The van der Waals surface area contributed by atoms with Gasteiger partial charge in [-0.3, -0.25) is 0 Å². The summed E-state index contributed by atoms with van der Waals surface area (Å²) in [6.45, 7) is 1.19. The van der Waals surface area contributed by atoms with Gasteiger partial charge >= 0.3 is 0 Å². The summed E-state index contributed by atoms with van der Waals surface area (Å²) in [4.78, 5) is 2.25. The Hall–Kier alpha value is -1.11. The molecule has 1 atom stereocenters. The van der Waals surface area contributed by atoms with Gasteiger partial charge in [-0.05, 0) is 31.4 Å². The zero-order chi connectivity index (χ0) is 13.5. The van der Waals surface area contributed by atoms with Gasteiger partial charge in [0.25, 0.3) is 0 Å². The topological polar surface area (TPSA) is 69.6 Å². The molecule has 1 aliphatic carbocycles. The zero-order valence-corrected chi connectivity index (χ0v) is 11.4. The van der Waals surface area contributed by atoms with Crippen molar-refractivity contribution in [3.05, 3.63) is 24.3 Å². The van der Waals surface area contributed by atoms with Gasteiger partial charge in [-0.1, -0.05) is 12.1 Å². The molecule has 0 amide bonds. The normalized spacial score (nSPS) is 23.8. The van der Waals surface area contributed by atoms with Gasteiger partial charge in [0.05, 0.1) is 11.8 Å². The molecule has 0 unspecified atom stereocenters. The highest BCUT2D eigenvalue weighted by atomic mass is 32.2. The first kappa shape index (κ1) is 12.9. The maximum atomic E-state index is 12.3. The van der Waals surface area contributed by atoms with Gasteiger partial charge in [-0.25, -0.2) is 13.1 Å². The highest BCUT2D eigenvalue weighted by Crippen LogP contribution is 2.30. The summed E-state index contributed by atoms with van der Waals surface area (Å²) < 4.78 is 27.4. The fraction of sp³-hybridized carbons (Fsp3) is 0.538. The van der Waals surface area contributed by atoms with Crippen LogP contribution in [0.1, 0.15) is 19.3 Å². The van der Waals surface area contributed by atoms with Gasteiger partial charge < -0.3 is 10.0 Å². The Kier molecular flexibility index (Phi) is 3.24. The van der Waals surface area contributed by atoms with Crippen LogP contribution in [0.3, 0.4) is 0 Å². The molecule has 0 aromatic heterocycles. The Morgan fingerprint density at radius 1 is 1.21 bits per heavy atom. The summed E-state index contributed by atoms with van der Waals surface area (Å²) >= 11 is 0. The molecule has 1 saturated carbocycles. The number of rotatable bonds is 4. The van der Waals surface area contributed by atoms with Crippen molar-refractivity contribution in [2.45, 2.75) is 36.3 Å². The summed E-state index contributed by atoms with van der Waals surface area (Å²) in [5.41, 5.74) is 0.687. The molecule has 2 fully saturated rings. The third-order valence-corrected chi connectivity index (χ3v) is 5.13. The minimum absolute atomic E-state index is 0.0993. The second-order valence-electron chi connectivity index (χ2n) is 5.25. The van der Waals surface area contributed by atoms with Crippen molar-refractivity contribution in [2.24, 2.45) is 0 Å². The monoisotopic (exact) mass is 282 g/mol. The molecule has 2 aliphatic rings. The van der Waals surface area contributed by atoms with E-state index in [9.17, 15) is 13.5 Å². The van der Waals surface area contributed by atoms with Crippen molar-refractivity contribution < 1.29 is 13.5 Å². The summed E-state index contributed by atoms with van der Waals surface area (Å²) in [7, 11) is -3.46. The van der Waals surface area contributed by atoms with Gasteiger partial charge in [-0.15, -0.1) is 0 Å². The van der Waals surface area contributed by atoms with Gasteiger partial charge in [0.15, 0.2) is 0 Å². The van der Waals surface area contributed by atoms with Gasteiger partial charge in [0.1, 0.15) is 4.90 Å². The Morgan fingerprint density at radius 3 is 2.58 bits per heavy atom. The van der Waals surface area contributed by atoms with E-state index in [1.165, 1.54) is 0 Å². The first-order chi connectivity index (χ1) is 9.06. The van der Waals surface area contributed by atoms with Crippen LogP contribution in [-0.4, -0.2) is 38.8 Å². The fourth-order valence-electron chi connectivity index (χ4n) is 2.39. The van der Waals surface area contributed by atoms with E-state index in [1.54, 1.807) is 18.2 Å². The number of nitrogens with zero attached hydrogens (tertiary/aromatic N) is 1. The van der Waals surface area contributed by atoms with Gasteiger partial charge in [0.2, 0.25) is 10.0 Å². The summed E-state index contributed by atoms with van der Waals surface area (Å²) in [5, 5.41) is 9.60. The van der Waals surface area contributed by atoms with Crippen molar-refractivity contribution in [1.82, 2.24) is 4.72 Å². The predicted molar refractivity (Wildman–Crippen MR) is 72.6 cm³/mol. The van der Waals surface area contributed by atoms with Crippen LogP contribution >= 0.6 is 0 Å². The molecule has 1 heterocycles. The van der Waals surface area contributed by atoms with Crippen molar-refractivity contribution in [3.63, 3.8) is 0 Å². The minimum Gasteiger partial charge on any atom is -0.391 e. The number of nitrogens with one attached hydrogen (secondary N) is 1. The zero-order valence-electron chi connectivity index (χ0n) is 10.6. The third kappa shape index (κ3) is 2.75. The lowest BCUT2D eigenvalue weighted by Gasteiger charge is -2.21. The fourth-order valence-corrected chi connectivity index (χ4v) is 3.92. The molecule has 6 heteroatoms. The average Bonchev–Trinajstić information content (AvgIpc) is 3.07. The molecule has 1 aromatic carbocycles. The molecular formula is C13H18N2O3S. The molecular weight excluding hydrogens is 264 g/mol. The van der Waals surface area contributed by atoms with E-state index in [1.807, 2.05) is 11.0 Å². The molecule has 3 rings (SSSR count). The lowest BCUT2D eigenvalue weighted by Crippen LogP contribution is -2.29. The molecule has 5 nitrogen and oxygen atoms in total. The van der Waals surface area contributed by atoms with E-state index in [4.69, 9.17) is 0 Å². The van der Waals surface area contributed by atoms with E-state index in [-0.39, 0.29) is 12.1 Å². The van der Waals surface area contributed by atoms with E-state index in [0.717, 1.165) is 12.8 Å². The lowest BCUT2D eigenvalue weighted by molar-refractivity contribution is 0.198.